The van der Waals surface area contributed by atoms with Crippen LogP contribution in [-0.4, -0.2) is 22.0 Å². The predicted molar refractivity (Wildman–Crippen MR) is 44.3 cm³/mol. The molecule has 1 aliphatic heterocycles. The number of halogens is 1. The second-order valence-electron chi connectivity index (χ2n) is 2.27. The minimum absolute atomic E-state index is 0.0930. The van der Waals surface area contributed by atoms with Crippen molar-refractivity contribution in [2.24, 2.45) is 5.92 Å². The van der Waals surface area contributed by atoms with Gasteiger partial charge in [-0.15, -0.1) is 0 Å². The zero-order chi connectivity index (χ0) is 7.56. The van der Waals surface area contributed by atoms with Gasteiger partial charge in [-0.25, -0.2) is 3.11 Å². The number of nitriles is 1. The highest BCUT2D eigenvalue weighted by atomic mass is 127. The van der Waals surface area contributed by atoms with Crippen molar-refractivity contribution in [2.45, 2.75) is 6.42 Å². The average Bonchev–Trinajstić information content (AvgIpc) is 1.94. The molecule has 0 aliphatic carbocycles. The van der Waals surface area contributed by atoms with Crippen LogP contribution in [0, 0.1) is 17.2 Å². The number of hydrogen-bond acceptors (Lipinski definition) is 3. The van der Waals surface area contributed by atoms with E-state index in [0.717, 1.165) is 6.54 Å². The van der Waals surface area contributed by atoms with Crippen LogP contribution in [0.5, 0.6) is 0 Å². The van der Waals surface area contributed by atoms with Crippen molar-refractivity contribution in [3.8, 4) is 6.07 Å². The normalized spacial score (nSPS) is 28.0. The summed E-state index contributed by atoms with van der Waals surface area (Å²) in [7, 11) is 0. The van der Waals surface area contributed by atoms with Gasteiger partial charge in [0, 0.05) is 42.4 Å². The third kappa shape index (κ3) is 1.67. The van der Waals surface area contributed by atoms with E-state index in [1.54, 1.807) is 0 Å². The molecule has 0 amide bonds. The van der Waals surface area contributed by atoms with E-state index in [4.69, 9.17) is 5.26 Å². The van der Waals surface area contributed by atoms with Crippen LogP contribution in [0.3, 0.4) is 0 Å². The molecule has 1 rings (SSSR count). The van der Waals surface area contributed by atoms with E-state index in [1.165, 1.54) is 0 Å². The minimum atomic E-state index is -0.384. The Morgan fingerprint density at radius 2 is 2.50 bits per heavy atom. The first-order valence-corrected chi connectivity index (χ1v) is 4.03. The third-order valence-electron chi connectivity index (χ3n) is 1.53. The van der Waals surface area contributed by atoms with Gasteiger partial charge in [0.2, 0.25) is 0 Å². The zero-order valence-corrected chi connectivity index (χ0v) is 7.54. The highest BCUT2D eigenvalue weighted by molar-refractivity contribution is 14.1. The van der Waals surface area contributed by atoms with E-state index in [-0.39, 0.29) is 11.7 Å². The number of rotatable bonds is 0. The summed E-state index contributed by atoms with van der Waals surface area (Å²) in [5, 5.41) is 8.48. The van der Waals surface area contributed by atoms with E-state index in [9.17, 15) is 4.79 Å². The molecule has 0 saturated carbocycles. The first-order chi connectivity index (χ1) is 4.74. The van der Waals surface area contributed by atoms with E-state index < -0.39 is 0 Å². The highest BCUT2D eigenvalue weighted by Crippen LogP contribution is 2.14. The fourth-order valence-corrected chi connectivity index (χ4v) is 1.54. The lowest BCUT2D eigenvalue weighted by molar-refractivity contribution is -0.122. The summed E-state index contributed by atoms with van der Waals surface area (Å²) in [4.78, 5) is 10.9. The number of Topliss-reactive ketones (excluding diaryl/α,β-unsaturated/α-hetero) is 1. The van der Waals surface area contributed by atoms with Crippen molar-refractivity contribution in [1.82, 2.24) is 3.11 Å². The average molecular weight is 250 g/mol. The number of ketones is 1. The lowest BCUT2D eigenvalue weighted by Crippen LogP contribution is -2.34. The molecule has 1 saturated heterocycles. The van der Waals surface area contributed by atoms with Crippen molar-refractivity contribution in [2.75, 3.05) is 13.1 Å². The molecule has 4 heteroatoms. The van der Waals surface area contributed by atoms with Crippen molar-refractivity contribution >= 4 is 28.6 Å². The van der Waals surface area contributed by atoms with Gasteiger partial charge in [0.1, 0.15) is 5.92 Å². The smallest absolute Gasteiger partial charge is 0.152 e. The first kappa shape index (κ1) is 7.95. The topological polar surface area (TPSA) is 44.1 Å². The van der Waals surface area contributed by atoms with Crippen LogP contribution in [0.15, 0.2) is 0 Å². The summed E-state index contributed by atoms with van der Waals surface area (Å²) in [5.41, 5.74) is 0. The standard InChI is InChI=1S/C6H7IN2O/c7-9-2-1-6(10)5(3-8)4-9/h5H,1-2,4H2. The molecule has 0 aromatic rings. The molecule has 1 atom stereocenters. The van der Waals surface area contributed by atoms with Crippen LogP contribution in [0.4, 0.5) is 0 Å². The largest absolute Gasteiger partial charge is 0.298 e. The molecule has 54 valence electrons. The molecule has 1 heterocycles. The van der Waals surface area contributed by atoms with E-state index >= 15 is 0 Å². The Kier molecular flexibility index (Phi) is 2.63. The van der Waals surface area contributed by atoms with Gasteiger partial charge in [0.15, 0.2) is 5.78 Å². The summed E-state index contributed by atoms with van der Waals surface area (Å²) in [6.45, 7) is 1.38. The van der Waals surface area contributed by atoms with E-state index in [1.807, 2.05) is 9.18 Å². The van der Waals surface area contributed by atoms with Crippen molar-refractivity contribution in [1.29, 1.82) is 5.26 Å². The summed E-state index contributed by atoms with van der Waals surface area (Å²) >= 11 is 2.14. The Labute approximate surface area is 73.5 Å². The first-order valence-electron chi connectivity index (χ1n) is 3.07. The molecular weight excluding hydrogens is 243 g/mol. The number of piperidine rings is 1. The van der Waals surface area contributed by atoms with E-state index in [0.29, 0.717) is 13.0 Å². The maximum absolute atomic E-state index is 10.9. The quantitative estimate of drug-likeness (QED) is 0.470. The second kappa shape index (κ2) is 3.30. The van der Waals surface area contributed by atoms with Gasteiger partial charge in [-0.2, -0.15) is 5.26 Å². The van der Waals surface area contributed by atoms with Gasteiger partial charge in [0.05, 0.1) is 6.07 Å². The molecule has 0 radical (unpaired) electrons. The zero-order valence-electron chi connectivity index (χ0n) is 5.38. The Morgan fingerprint density at radius 1 is 1.80 bits per heavy atom. The van der Waals surface area contributed by atoms with E-state index in [2.05, 4.69) is 22.9 Å². The Hall–Kier alpha value is -0.150. The van der Waals surface area contributed by atoms with Crippen LogP contribution in [-0.2, 0) is 4.79 Å². The number of nitrogens with zero attached hydrogens (tertiary/aromatic N) is 2. The predicted octanol–water partition coefficient (Wildman–Crippen LogP) is 0.751. The summed E-state index contributed by atoms with van der Waals surface area (Å²) in [6, 6.07) is 1.99. The lowest BCUT2D eigenvalue weighted by atomic mass is 10.0. The van der Waals surface area contributed by atoms with Crippen LogP contribution in [0.1, 0.15) is 6.42 Å². The monoisotopic (exact) mass is 250 g/mol. The van der Waals surface area contributed by atoms with Crippen LogP contribution in [0.2, 0.25) is 0 Å². The maximum Gasteiger partial charge on any atom is 0.152 e. The number of carbonyl (C=O) groups excluding carboxylic acids is 1. The SMILES string of the molecule is N#CC1CN(I)CCC1=O. The molecule has 10 heavy (non-hydrogen) atoms. The summed E-state index contributed by atoms with van der Waals surface area (Å²) in [6.07, 6.45) is 0.529. The Morgan fingerprint density at radius 3 is 3.00 bits per heavy atom. The molecule has 1 fully saturated rings. The number of carbonyl (C=O) groups is 1. The van der Waals surface area contributed by atoms with Crippen LogP contribution < -0.4 is 0 Å². The van der Waals surface area contributed by atoms with Crippen molar-refractivity contribution in [3.63, 3.8) is 0 Å². The molecule has 0 N–H and O–H groups in total. The molecule has 1 aliphatic rings. The minimum Gasteiger partial charge on any atom is -0.298 e. The van der Waals surface area contributed by atoms with Crippen LogP contribution >= 0.6 is 22.9 Å². The molecule has 0 bridgehead atoms. The summed E-state index contributed by atoms with van der Waals surface area (Å²) < 4.78 is 1.98. The fourth-order valence-electron chi connectivity index (χ4n) is 0.910. The molecule has 0 aromatic carbocycles. The number of hydrogen-bond donors (Lipinski definition) is 0. The maximum atomic E-state index is 10.9. The third-order valence-corrected chi connectivity index (χ3v) is 2.40. The van der Waals surface area contributed by atoms with Gasteiger partial charge in [-0.1, -0.05) is 0 Å². The van der Waals surface area contributed by atoms with Crippen molar-refractivity contribution < 1.29 is 4.79 Å². The van der Waals surface area contributed by atoms with Gasteiger partial charge >= 0.3 is 0 Å². The molecular formula is C6H7IN2O. The van der Waals surface area contributed by atoms with Gasteiger partial charge < -0.3 is 0 Å². The Balaban J connectivity index is 2.56. The summed E-state index contributed by atoms with van der Waals surface area (Å²) in [5.74, 6) is -0.291. The van der Waals surface area contributed by atoms with Gasteiger partial charge in [0.25, 0.3) is 0 Å². The van der Waals surface area contributed by atoms with Gasteiger partial charge in [-0.05, 0) is 0 Å². The fraction of sp³-hybridized carbons (Fsp3) is 0.667. The molecule has 0 aromatic heterocycles. The molecule has 0 spiro atoms. The lowest BCUT2D eigenvalue weighted by Gasteiger charge is -2.21. The second-order valence-corrected chi connectivity index (χ2v) is 3.63. The van der Waals surface area contributed by atoms with Crippen molar-refractivity contribution in [3.05, 3.63) is 0 Å². The highest BCUT2D eigenvalue weighted by Gasteiger charge is 2.25. The van der Waals surface area contributed by atoms with Crippen LogP contribution in [0.25, 0.3) is 0 Å². The molecule has 3 nitrogen and oxygen atoms in total. The van der Waals surface area contributed by atoms with Gasteiger partial charge in [-0.3, -0.25) is 4.79 Å². The Bertz CT molecular complexity index is 187. The molecule has 1 unspecified atom stereocenters.